The number of anilines is 1. The van der Waals surface area contributed by atoms with Crippen LogP contribution in [0, 0.1) is 10.1 Å². The van der Waals surface area contributed by atoms with Crippen LogP contribution in [0.4, 0.5) is 11.4 Å². The van der Waals surface area contributed by atoms with Crippen LogP contribution in [0.3, 0.4) is 0 Å². The van der Waals surface area contributed by atoms with Crippen LogP contribution in [-0.4, -0.2) is 23.2 Å². The molecule has 1 aromatic rings. The molecule has 0 aliphatic heterocycles. The predicted octanol–water partition coefficient (Wildman–Crippen LogP) is 3.22. The highest BCUT2D eigenvalue weighted by atomic mass is 32.1. The highest BCUT2D eigenvalue weighted by molar-refractivity contribution is 7.80. The lowest BCUT2D eigenvalue weighted by Gasteiger charge is -2.24. The standard InChI is InChI=1S/C14H19N3O3S/c1-20-13-9-11(17(18)19)7-8-12(13)16-14(21)15-10-5-3-2-4-6-10/h7-10H,2-6H2,1H3,(H2,15,16,21). The molecule has 0 bridgehead atoms. The predicted molar refractivity (Wildman–Crippen MR) is 85.9 cm³/mol. The summed E-state index contributed by atoms with van der Waals surface area (Å²) in [6.45, 7) is 0. The first-order valence-electron chi connectivity index (χ1n) is 7.00. The summed E-state index contributed by atoms with van der Waals surface area (Å²) in [5.41, 5.74) is 0.611. The zero-order valence-corrected chi connectivity index (χ0v) is 12.7. The second-order valence-electron chi connectivity index (χ2n) is 5.08. The van der Waals surface area contributed by atoms with Crippen LogP contribution in [-0.2, 0) is 0 Å². The van der Waals surface area contributed by atoms with Crippen LogP contribution in [0.2, 0.25) is 0 Å². The summed E-state index contributed by atoms with van der Waals surface area (Å²) in [6.07, 6.45) is 5.98. The van der Waals surface area contributed by atoms with Crippen molar-refractivity contribution in [1.82, 2.24) is 5.32 Å². The number of hydrogen-bond donors (Lipinski definition) is 2. The van der Waals surface area contributed by atoms with Gasteiger partial charge in [-0.2, -0.15) is 0 Å². The summed E-state index contributed by atoms with van der Waals surface area (Å²) in [5, 5.41) is 17.6. The van der Waals surface area contributed by atoms with Crippen molar-refractivity contribution in [3.05, 3.63) is 28.3 Å². The Bertz CT molecular complexity index is 530. The maximum absolute atomic E-state index is 10.8. The molecule has 0 unspecified atom stereocenters. The fourth-order valence-electron chi connectivity index (χ4n) is 2.49. The Morgan fingerprint density at radius 3 is 2.71 bits per heavy atom. The van der Waals surface area contributed by atoms with Gasteiger partial charge in [0.2, 0.25) is 0 Å². The zero-order chi connectivity index (χ0) is 15.2. The molecule has 0 saturated heterocycles. The quantitative estimate of drug-likeness (QED) is 0.505. The number of nitrogens with zero attached hydrogens (tertiary/aromatic N) is 1. The van der Waals surface area contributed by atoms with Gasteiger partial charge in [0.05, 0.1) is 23.8 Å². The maximum Gasteiger partial charge on any atom is 0.273 e. The Morgan fingerprint density at radius 2 is 2.10 bits per heavy atom. The maximum atomic E-state index is 10.8. The van der Waals surface area contributed by atoms with Gasteiger partial charge in [-0.1, -0.05) is 19.3 Å². The van der Waals surface area contributed by atoms with Crippen molar-refractivity contribution in [2.45, 2.75) is 38.1 Å². The number of hydrogen-bond acceptors (Lipinski definition) is 4. The van der Waals surface area contributed by atoms with Gasteiger partial charge in [-0.3, -0.25) is 10.1 Å². The van der Waals surface area contributed by atoms with E-state index in [0.29, 0.717) is 22.6 Å². The average molecular weight is 309 g/mol. The molecule has 21 heavy (non-hydrogen) atoms. The number of nitro groups is 1. The van der Waals surface area contributed by atoms with E-state index in [1.54, 1.807) is 6.07 Å². The minimum atomic E-state index is -0.453. The van der Waals surface area contributed by atoms with Crippen molar-refractivity contribution in [3.63, 3.8) is 0 Å². The Labute approximate surface area is 129 Å². The highest BCUT2D eigenvalue weighted by Crippen LogP contribution is 2.29. The SMILES string of the molecule is COc1cc([N+](=O)[O-])ccc1NC(=S)NC1CCCCC1. The molecular weight excluding hydrogens is 290 g/mol. The number of thiocarbonyl (C=S) groups is 1. The molecular formula is C14H19N3O3S. The molecule has 6 nitrogen and oxygen atoms in total. The Balaban J connectivity index is 2.00. The largest absolute Gasteiger partial charge is 0.494 e. The molecule has 0 heterocycles. The van der Waals surface area contributed by atoms with Gasteiger partial charge in [0.1, 0.15) is 5.75 Å². The number of nitrogens with one attached hydrogen (secondary N) is 2. The lowest BCUT2D eigenvalue weighted by atomic mass is 9.96. The molecule has 1 aliphatic carbocycles. The monoisotopic (exact) mass is 309 g/mol. The van der Waals surface area contributed by atoms with Crippen LogP contribution in [0.15, 0.2) is 18.2 Å². The number of methoxy groups -OCH3 is 1. The minimum Gasteiger partial charge on any atom is -0.494 e. The minimum absolute atomic E-state index is 0.0106. The molecule has 1 fully saturated rings. The van der Waals surface area contributed by atoms with E-state index in [-0.39, 0.29) is 5.69 Å². The molecule has 114 valence electrons. The van der Waals surface area contributed by atoms with Gasteiger partial charge in [-0.05, 0) is 31.1 Å². The van der Waals surface area contributed by atoms with E-state index in [9.17, 15) is 10.1 Å². The third-order valence-electron chi connectivity index (χ3n) is 3.58. The molecule has 2 rings (SSSR count). The van der Waals surface area contributed by atoms with Crippen molar-refractivity contribution < 1.29 is 9.66 Å². The van der Waals surface area contributed by atoms with E-state index in [0.717, 1.165) is 12.8 Å². The number of non-ortho nitro benzene ring substituents is 1. The fourth-order valence-corrected chi connectivity index (χ4v) is 2.76. The number of benzene rings is 1. The third-order valence-corrected chi connectivity index (χ3v) is 3.80. The van der Waals surface area contributed by atoms with E-state index < -0.39 is 4.92 Å². The number of ether oxygens (including phenoxy) is 1. The second kappa shape index (κ2) is 7.21. The van der Waals surface area contributed by atoms with Crippen LogP contribution >= 0.6 is 12.2 Å². The van der Waals surface area contributed by atoms with Crippen LogP contribution < -0.4 is 15.4 Å². The molecule has 7 heteroatoms. The molecule has 0 amide bonds. The van der Waals surface area contributed by atoms with Gasteiger partial charge in [0, 0.05) is 12.1 Å². The van der Waals surface area contributed by atoms with Crippen LogP contribution in [0.1, 0.15) is 32.1 Å². The van der Waals surface area contributed by atoms with Gasteiger partial charge in [-0.25, -0.2) is 0 Å². The van der Waals surface area contributed by atoms with Crippen LogP contribution in [0.5, 0.6) is 5.75 Å². The first kappa shape index (κ1) is 15.5. The van der Waals surface area contributed by atoms with Crippen molar-refractivity contribution in [1.29, 1.82) is 0 Å². The first-order chi connectivity index (χ1) is 10.1. The summed E-state index contributed by atoms with van der Waals surface area (Å²) in [7, 11) is 1.47. The Hall–Kier alpha value is -1.89. The van der Waals surface area contributed by atoms with E-state index in [4.69, 9.17) is 17.0 Å². The normalized spacial score (nSPS) is 15.3. The molecule has 1 saturated carbocycles. The summed E-state index contributed by atoms with van der Waals surface area (Å²) in [6, 6.07) is 4.81. The molecule has 1 aromatic carbocycles. The lowest BCUT2D eigenvalue weighted by Crippen LogP contribution is -2.38. The van der Waals surface area contributed by atoms with E-state index in [1.165, 1.54) is 38.5 Å². The topological polar surface area (TPSA) is 76.4 Å². The molecule has 0 spiro atoms. The first-order valence-corrected chi connectivity index (χ1v) is 7.41. The average Bonchev–Trinajstić information content (AvgIpc) is 2.48. The summed E-state index contributed by atoms with van der Waals surface area (Å²) in [4.78, 5) is 10.3. The Morgan fingerprint density at radius 1 is 1.38 bits per heavy atom. The zero-order valence-electron chi connectivity index (χ0n) is 11.9. The van der Waals surface area contributed by atoms with E-state index >= 15 is 0 Å². The van der Waals surface area contributed by atoms with E-state index in [2.05, 4.69) is 10.6 Å². The number of rotatable bonds is 4. The van der Waals surface area contributed by atoms with Gasteiger partial charge in [-0.15, -0.1) is 0 Å². The van der Waals surface area contributed by atoms with Crippen molar-refractivity contribution in [2.24, 2.45) is 0 Å². The highest BCUT2D eigenvalue weighted by Gasteiger charge is 2.16. The van der Waals surface area contributed by atoms with Gasteiger partial charge in [0.25, 0.3) is 5.69 Å². The molecule has 0 atom stereocenters. The molecule has 0 radical (unpaired) electrons. The van der Waals surface area contributed by atoms with Gasteiger partial charge in [0.15, 0.2) is 5.11 Å². The van der Waals surface area contributed by atoms with E-state index in [1.807, 2.05) is 0 Å². The summed E-state index contributed by atoms with van der Waals surface area (Å²) >= 11 is 5.30. The third kappa shape index (κ3) is 4.29. The Kier molecular flexibility index (Phi) is 5.32. The van der Waals surface area contributed by atoms with Crippen LogP contribution in [0.25, 0.3) is 0 Å². The molecule has 1 aliphatic rings. The fraction of sp³-hybridized carbons (Fsp3) is 0.500. The van der Waals surface area contributed by atoms with Crippen molar-refractivity contribution >= 4 is 28.7 Å². The summed E-state index contributed by atoms with van der Waals surface area (Å²) < 4.78 is 5.17. The summed E-state index contributed by atoms with van der Waals surface area (Å²) in [5.74, 6) is 0.400. The molecule has 2 N–H and O–H groups in total. The second-order valence-corrected chi connectivity index (χ2v) is 5.48. The molecule has 0 aromatic heterocycles. The van der Waals surface area contributed by atoms with Crippen molar-refractivity contribution in [3.8, 4) is 5.75 Å². The van der Waals surface area contributed by atoms with Crippen molar-refractivity contribution in [2.75, 3.05) is 12.4 Å². The smallest absolute Gasteiger partial charge is 0.273 e. The van der Waals surface area contributed by atoms with Gasteiger partial charge >= 0.3 is 0 Å². The lowest BCUT2D eigenvalue weighted by molar-refractivity contribution is -0.384. The van der Waals surface area contributed by atoms with Gasteiger partial charge < -0.3 is 15.4 Å². The number of nitro benzene ring substituents is 1.